The van der Waals surface area contributed by atoms with Crippen LogP contribution in [0.1, 0.15) is 52.9 Å². The Labute approximate surface area is 105 Å². The van der Waals surface area contributed by atoms with Crippen LogP contribution in [0.5, 0.6) is 0 Å². The van der Waals surface area contributed by atoms with Gasteiger partial charge >= 0.3 is 0 Å². The molecule has 0 radical (unpaired) electrons. The minimum atomic E-state index is -0.252. The molecule has 1 aliphatic carbocycles. The van der Waals surface area contributed by atoms with Crippen LogP contribution in [0.15, 0.2) is 0 Å². The molecule has 0 aromatic rings. The predicted molar refractivity (Wildman–Crippen MR) is 69.7 cm³/mol. The van der Waals surface area contributed by atoms with E-state index in [1.54, 1.807) is 0 Å². The van der Waals surface area contributed by atoms with E-state index in [9.17, 15) is 5.26 Å². The summed E-state index contributed by atoms with van der Waals surface area (Å²) in [4.78, 5) is 2.64. The average molecular weight is 235 g/mol. The highest BCUT2D eigenvalue weighted by atomic mass is 15.2. The number of nitrogens with zero attached hydrogens (tertiary/aromatic N) is 2. The third kappa shape index (κ3) is 2.34. The lowest BCUT2D eigenvalue weighted by molar-refractivity contribution is 0.114. The number of nitrogens with one attached hydrogen (secondary N) is 1. The van der Waals surface area contributed by atoms with Crippen molar-refractivity contribution in [2.24, 2.45) is 0 Å². The number of nitriles is 1. The number of rotatable bonds is 3. The number of likely N-dealkylation sites (tertiary alicyclic amines) is 1. The van der Waals surface area contributed by atoms with Gasteiger partial charge < -0.3 is 0 Å². The molecule has 2 rings (SSSR count). The second-order valence-corrected chi connectivity index (χ2v) is 6.23. The SMILES string of the molecule is CCNC1(C#N)CCC(N2CCCC2(C)C)C1. The molecule has 0 aromatic heterocycles. The van der Waals surface area contributed by atoms with E-state index in [1.807, 2.05) is 0 Å². The molecule has 2 atom stereocenters. The highest BCUT2D eigenvalue weighted by Crippen LogP contribution is 2.39. The van der Waals surface area contributed by atoms with E-state index in [4.69, 9.17) is 0 Å². The topological polar surface area (TPSA) is 39.1 Å². The summed E-state index contributed by atoms with van der Waals surface area (Å²) in [6.45, 7) is 8.89. The summed E-state index contributed by atoms with van der Waals surface area (Å²) >= 11 is 0. The molecule has 0 amide bonds. The molecule has 1 N–H and O–H groups in total. The van der Waals surface area contributed by atoms with Crippen LogP contribution in [0.4, 0.5) is 0 Å². The highest BCUT2D eigenvalue weighted by Gasteiger charge is 2.45. The fraction of sp³-hybridized carbons (Fsp3) is 0.929. The third-order valence-corrected chi connectivity index (χ3v) is 4.62. The van der Waals surface area contributed by atoms with E-state index in [0.29, 0.717) is 11.6 Å². The van der Waals surface area contributed by atoms with Gasteiger partial charge in [0.25, 0.3) is 0 Å². The Balaban J connectivity index is 2.05. The van der Waals surface area contributed by atoms with Gasteiger partial charge in [0, 0.05) is 11.6 Å². The van der Waals surface area contributed by atoms with Gasteiger partial charge in [-0.15, -0.1) is 0 Å². The highest BCUT2D eigenvalue weighted by molar-refractivity contribution is 5.14. The van der Waals surface area contributed by atoms with Crippen molar-refractivity contribution in [3.63, 3.8) is 0 Å². The van der Waals surface area contributed by atoms with Gasteiger partial charge in [-0.2, -0.15) is 5.26 Å². The molecule has 0 bridgehead atoms. The van der Waals surface area contributed by atoms with Gasteiger partial charge in [-0.25, -0.2) is 0 Å². The minimum Gasteiger partial charge on any atom is -0.300 e. The van der Waals surface area contributed by atoms with Crippen LogP contribution in [0.2, 0.25) is 0 Å². The maximum absolute atomic E-state index is 9.41. The molecule has 2 unspecified atom stereocenters. The lowest BCUT2D eigenvalue weighted by Gasteiger charge is -2.37. The minimum absolute atomic E-state index is 0.252. The van der Waals surface area contributed by atoms with Crippen LogP contribution < -0.4 is 5.32 Å². The van der Waals surface area contributed by atoms with Gasteiger partial charge in [-0.3, -0.25) is 10.2 Å². The molecular formula is C14H25N3. The van der Waals surface area contributed by atoms with Crippen LogP contribution in [0, 0.1) is 11.3 Å². The van der Waals surface area contributed by atoms with Crippen molar-refractivity contribution in [2.45, 2.75) is 70.0 Å². The van der Waals surface area contributed by atoms with Gasteiger partial charge in [-0.1, -0.05) is 6.92 Å². The molecule has 1 aliphatic heterocycles. The Morgan fingerprint density at radius 3 is 2.71 bits per heavy atom. The summed E-state index contributed by atoms with van der Waals surface area (Å²) in [6, 6.07) is 3.12. The van der Waals surface area contributed by atoms with Gasteiger partial charge in [-0.05, 0) is 59.0 Å². The Hall–Kier alpha value is -0.590. The van der Waals surface area contributed by atoms with Crippen molar-refractivity contribution >= 4 is 0 Å². The lowest BCUT2D eigenvalue weighted by Crippen LogP contribution is -2.47. The van der Waals surface area contributed by atoms with Crippen molar-refractivity contribution < 1.29 is 0 Å². The van der Waals surface area contributed by atoms with Crippen molar-refractivity contribution in [3.05, 3.63) is 0 Å². The Morgan fingerprint density at radius 2 is 2.18 bits per heavy atom. The Kier molecular flexibility index (Phi) is 3.47. The first-order valence-corrected chi connectivity index (χ1v) is 6.96. The maximum atomic E-state index is 9.41. The van der Waals surface area contributed by atoms with Crippen molar-refractivity contribution in [1.82, 2.24) is 10.2 Å². The van der Waals surface area contributed by atoms with Crippen LogP contribution >= 0.6 is 0 Å². The first kappa shape index (κ1) is 12.9. The molecule has 2 aliphatic rings. The first-order valence-electron chi connectivity index (χ1n) is 6.96. The van der Waals surface area contributed by atoms with Gasteiger partial charge in [0.2, 0.25) is 0 Å². The van der Waals surface area contributed by atoms with Crippen LogP contribution in [-0.4, -0.2) is 35.1 Å². The van der Waals surface area contributed by atoms with Crippen LogP contribution in [0.3, 0.4) is 0 Å². The standard InChI is InChI=1S/C14H25N3/c1-4-16-14(11-15)8-6-12(10-14)17-9-5-7-13(17,2)3/h12,16H,4-10H2,1-3H3. The lowest BCUT2D eigenvalue weighted by atomic mass is 9.97. The summed E-state index contributed by atoms with van der Waals surface area (Å²) in [5, 5.41) is 12.8. The molecule has 3 nitrogen and oxygen atoms in total. The predicted octanol–water partition coefficient (Wildman–Crippen LogP) is 2.29. The smallest absolute Gasteiger partial charge is 0.108 e. The van der Waals surface area contributed by atoms with Crippen LogP contribution in [0.25, 0.3) is 0 Å². The van der Waals surface area contributed by atoms with Crippen molar-refractivity contribution in [2.75, 3.05) is 13.1 Å². The zero-order chi connectivity index (χ0) is 12.5. The largest absolute Gasteiger partial charge is 0.300 e. The zero-order valence-corrected chi connectivity index (χ0v) is 11.4. The Morgan fingerprint density at radius 1 is 1.41 bits per heavy atom. The number of hydrogen-bond acceptors (Lipinski definition) is 3. The molecule has 0 spiro atoms. The van der Waals surface area contributed by atoms with Gasteiger partial charge in [0.15, 0.2) is 0 Å². The molecule has 0 aromatic carbocycles. The van der Waals surface area contributed by atoms with E-state index in [0.717, 1.165) is 19.4 Å². The quantitative estimate of drug-likeness (QED) is 0.815. The third-order valence-electron chi connectivity index (χ3n) is 4.62. The van der Waals surface area contributed by atoms with E-state index in [1.165, 1.54) is 25.8 Å². The normalized spacial score (nSPS) is 37.2. The second-order valence-electron chi connectivity index (χ2n) is 6.23. The Bertz CT molecular complexity index is 318. The summed E-state index contributed by atoms with van der Waals surface area (Å²) in [5.41, 5.74) is 0.0838. The van der Waals surface area contributed by atoms with E-state index in [2.05, 4.69) is 37.1 Å². The van der Waals surface area contributed by atoms with Gasteiger partial charge in [0.05, 0.1) is 6.07 Å². The molecule has 1 heterocycles. The fourth-order valence-electron chi connectivity index (χ4n) is 3.73. The monoisotopic (exact) mass is 235 g/mol. The number of hydrogen-bond donors (Lipinski definition) is 1. The second kappa shape index (κ2) is 4.59. The average Bonchev–Trinajstić information content (AvgIpc) is 2.83. The van der Waals surface area contributed by atoms with E-state index in [-0.39, 0.29) is 5.54 Å². The molecule has 1 saturated heterocycles. The summed E-state index contributed by atoms with van der Waals surface area (Å²) < 4.78 is 0. The summed E-state index contributed by atoms with van der Waals surface area (Å²) in [6.07, 6.45) is 5.79. The molecule has 1 saturated carbocycles. The van der Waals surface area contributed by atoms with Gasteiger partial charge in [0.1, 0.15) is 5.54 Å². The molecular weight excluding hydrogens is 210 g/mol. The van der Waals surface area contributed by atoms with Crippen molar-refractivity contribution in [1.29, 1.82) is 5.26 Å². The summed E-state index contributed by atoms with van der Waals surface area (Å²) in [5.74, 6) is 0. The van der Waals surface area contributed by atoms with E-state index >= 15 is 0 Å². The molecule has 3 heteroatoms. The van der Waals surface area contributed by atoms with Crippen LogP contribution in [-0.2, 0) is 0 Å². The molecule has 2 fully saturated rings. The molecule has 17 heavy (non-hydrogen) atoms. The molecule has 96 valence electrons. The van der Waals surface area contributed by atoms with E-state index < -0.39 is 0 Å². The first-order chi connectivity index (χ1) is 8.03. The van der Waals surface area contributed by atoms with Crippen molar-refractivity contribution in [3.8, 4) is 6.07 Å². The zero-order valence-electron chi connectivity index (χ0n) is 11.4. The fourth-order valence-corrected chi connectivity index (χ4v) is 3.73. The summed E-state index contributed by atoms with van der Waals surface area (Å²) in [7, 11) is 0. The maximum Gasteiger partial charge on any atom is 0.108 e.